The monoisotopic (exact) mass is 352 g/mol. The Morgan fingerprint density at radius 3 is 2.77 bits per heavy atom. The Kier molecular flexibility index (Phi) is 4.65. The first-order valence-corrected chi connectivity index (χ1v) is 9.62. The van der Waals surface area contributed by atoms with Crippen LogP contribution in [-0.4, -0.2) is 53.4 Å². The van der Waals surface area contributed by atoms with E-state index in [1.807, 2.05) is 13.1 Å². The SMILES string of the molecule is CC1=NC2N=CC(C(C)N3CC[C@H](Cc4cc(C)nc(C)c4)C3)=CC2O1. The summed E-state index contributed by atoms with van der Waals surface area (Å²) in [6.45, 7) is 10.6. The van der Waals surface area contributed by atoms with Crippen LogP contribution < -0.4 is 0 Å². The standard InChI is InChI=1S/C21H28N4O/c1-13-7-18(8-14(2)23-13)9-17-5-6-25(12-17)15(3)19-10-20-21(22-11-19)24-16(4)26-20/h7-8,10-11,15,17,20-21H,5-6,9,12H2,1-4H3/t15?,17-,20?,21?/m1/s1. The summed E-state index contributed by atoms with van der Waals surface area (Å²) < 4.78 is 5.77. The average Bonchev–Trinajstić information content (AvgIpc) is 3.17. The Labute approximate surface area is 155 Å². The number of aromatic nitrogens is 1. The van der Waals surface area contributed by atoms with Crippen molar-refractivity contribution < 1.29 is 4.74 Å². The van der Waals surface area contributed by atoms with Crippen molar-refractivity contribution in [2.75, 3.05) is 13.1 Å². The lowest BCUT2D eigenvalue weighted by Crippen LogP contribution is -2.35. The van der Waals surface area contributed by atoms with Crippen LogP contribution in [0.3, 0.4) is 0 Å². The largest absolute Gasteiger partial charge is 0.469 e. The van der Waals surface area contributed by atoms with Crippen molar-refractivity contribution in [3.63, 3.8) is 0 Å². The molecular weight excluding hydrogens is 324 g/mol. The average molecular weight is 352 g/mol. The van der Waals surface area contributed by atoms with Gasteiger partial charge >= 0.3 is 0 Å². The number of fused-ring (bicyclic) bond motifs is 1. The molecule has 3 aliphatic heterocycles. The highest BCUT2D eigenvalue weighted by molar-refractivity contribution is 5.83. The van der Waals surface area contributed by atoms with E-state index in [0.717, 1.165) is 36.8 Å². The first-order valence-electron chi connectivity index (χ1n) is 9.62. The van der Waals surface area contributed by atoms with E-state index >= 15 is 0 Å². The molecule has 5 heteroatoms. The summed E-state index contributed by atoms with van der Waals surface area (Å²) in [5.74, 6) is 1.45. The van der Waals surface area contributed by atoms with E-state index < -0.39 is 0 Å². The fourth-order valence-electron chi connectivity index (χ4n) is 4.39. The molecule has 3 aliphatic rings. The maximum Gasteiger partial charge on any atom is 0.183 e. The summed E-state index contributed by atoms with van der Waals surface area (Å²) in [5.41, 5.74) is 4.92. The maximum atomic E-state index is 5.77. The molecule has 0 aliphatic carbocycles. The highest BCUT2D eigenvalue weighted by Gasteiger charge is 2.33. The molecule has 4 rings (SSSR count). The van der Waals surface area contributed by atoms with Gasteiger partial charge in [0.2, 0.25) is 0 Å². The molecule has 4 heterocycles. The van der Waals surface area contributed by atoms with Crippen molar-refractivity contribution in [2.45, 2.75) is 58.8 Å². The number of dihydropyridines is 1. The molecule has 0 N–H and O–H groups in total. The van der Waals surface area contributed by atoms with Gasteiger partial charge in [-0.15, -0.1) is 0 Å². The van der Waals surface area contributed by atoms with Crippen LogP contribution in [-0.2, 0) is 11.2 Å². The second-order valence-corrected chi connectivity index (χ2v) is 7.88. The van der Waals surface area contributed by atoms with E-state index in [4.69, 9.17) is 4.74 Å². The Balaban J connectivity index is 1.38. The molecule has 0 saturated carbocycles. The molecular formula is C21H28N4O. The van der Waals surface area contributed by atoms with E-state index in [2.05, 4.69) is 58.8 Å². The number of likely N-dealkylation sites (tertiary alicyclic amines) is 1. The Hall–Kier alpha value is -2.01. The molecule has 0 spiro atoms. The van der Waals surface area contributed by atoms with Crippen LogP contribution in [0.5, 0.6) is 0 Å². The zero-order valence-electron chi connectivity index (χ0n) is 16.1. The number of hydrogen-bond donors (Lipinski definition) is 0. The van der Waals surface area contributed by atoms with E-state index in [9.17, 15) is 0 Å². The third-order valence-corrected chi connectivity index (χ3v) is 5.66. The summed E-state index contributed by atoms with van der Waals surface area (Å²) in [6, 6.07) is 4.83. The summed E-state index contributed by atoms with van der Waals surface area (Å²) >= 11 is 0. The van der Waals surface area contributed by atoms with Gasteiger partial charge < -0.3 is 4.74 Å². The number of hydrogen-bond acceptors (Lipinski definition) is 5. The van der Waals surface area contributed by atoms with E-state index in [1.165, 1.54) is 17.6 Å². The Morgan fingerprint density at radius 1 is 1.23 bits per heavy atom. The van der Waals surface area contributed by atoms with Crippen molar-refractivity contribution in [3.8, 4) is 0 Å². The maximum absolute atomic E-state index is 5.77. The molecule has 1 aromatic heterocycles. The topological polar surface area (TPSA) is 50.1 Å². The van der Waals surface area contributed by atoms with Gasteiger partial charge in [-0.05, 0) is 75.4 Å². The van der Waals surface area contributed by atoms with Gasteiger partial charge in [0.15, 0.2) is 18.2 Å². The highest BCUT2D eigenvalue weighted by Crippen LogP contribution is 2.28. The molecule has 0 radical (unpaired) electrons. The molecule has 1 aromatic rings. The number of rotatable bonds is 4. The number of aryl methyl sites for hydroxylation is 2. The van der Waals surface area contributed by atoms with Gasteiger partial charge in [0.05, 0.1) is 0 Å². The minimum atomic E-state index is -0.0737. The minimum absolute atomic E-state index is 0.0152. The summed E-state index contributed by atoms with van der Waals surface area (Å²) in [4.78, 5) is 16.1. The summed E-state index contributed by atoms with van der Waals surface area (Å²) in [5, 5.41) is 0. The predicted molar refractivity (Wildman–Crippen MR) is 105 cm³/mol. The van der Waals surface area contributed by atoms with Crippen LogP contribution in [0, 0.1) is 19.8 Å². The van der Waals surface area contributed by atoms with Gasteiger partial charge in [0, 0.05) is 37.1 Å². The Morgan fingerprint density at radius 2 is 2.00 bits per heavy atom. The smallest absolute Gasteiger partial charge is 0.183 e. The fourth-order valence-corrected chi connectivity index (χ4v) is 4.39. The quantitative estimate of drug-likeness (QED) is 0.837. The number of ether oxygens (including phenoxy) is 1. The van der Waals surface area contributed by atoms with Crippen molar-refractivity contribution in [1.82, 2.24) is 9.88 Å². The fraction of sp³-hybridized carbons (Fsp3) is 0.571. The van der Waals surface area contributed by atoms with Crippen LogP contribution in [0.4, 0.5) is 0 Å². The molecule has 0 bridgehead atoms. The number of aliphatic imine (C=N–C) groups is 2. The van der Waals surface area contributed by atoms with Crippen molar-refractivity contribution in [3.05, 3.63) is 40.7 Å². The second kappa shape index (κ2) is 6.95. The lowest BCUT2D eigenvalue weighted by molar-refractivity contribution is 0.234. The molecule has 3 unspecified atom stereocenters. The zero-order valence-corrected chi connectivity index (χ0v) is 16.1. The Bertz CT molecular complexity index is 762. The lowest BCUT2D eigenvalue weighted by atomic mass is 9.98. The molecule has 26 heavy (non-hydrogen) atoms. The van der Waals surface area contributed by atoms with Gasteiger partial charge in [0.25, 0.3) is 0 Å². The molecule has 1 saturated heterocycles. The summed E-state index contributed by atoms with van der Waals surface area (Å²) in [6.07, 6.45) is 6.52. The normalized spacial score (nSPS) is 29.2. The van der Waals surface area contributed by atoms with Crippen LogP contribution in [0.15, 0.2) is 33.8 Å². The molecule has 1 fully saturated rings. The lowest BCUT2D eigenvalue weighted by Gasteiger charge is -2.28. The molecule has 4 atom stereocenters. The highest BCUT2D eigenvalue weighted by atomic mass is 16.5. The van der Waals surface area contributed by atoms with Gasteiger partial charge in [-0.2, -0.15) is 0 Å². The van der Waals surface area contributed by atoms with Crippen molar-refractivity contribution >= 4 is 12.1 Å². The van der Waals surface area contributed by atoms with Gasteiger partial charge in [-0.3, -0.25) is 14.9 Å². The number of pyridine rings is 1. The van der Waals surface area contributed by atoms with E-state index in [0.29, 0.717) is 12.0 Å². The van der Waals surface area contributed by atoms with Crippen LogP contribution in [0.25, 0.3) is 0 Å². The zero-order chi connectivity index (χ0) is 18.3. The molecule has 0 amide bonds. The van der Waals surface area contributed by atoms with Crippen LogP contribution >= 0.6 is 0 Å². The van der Waals surface area contributed by atoms with Gasteiger partial charge in [-0.25, -0.2) is 4.99 Å². The van der Waals surface area contributed by atoms with Gasteiger partial charge in [-0.1, -0.05) is 0 Å². The van der Waals surface area contributed by atoms with Crippen LogP contribution in [0.2, 0.25) is 0 Å². The molecule has 138 valence electrons. The first-order chi connectivity index (χ1) is 12.5. The summed E-state index contributed by atoms with van der Waals surface area (Å²) in [7, 11) is 0. The molecule has 5 nitrogen and oxygen atoms in total. The van der Waals surface area contributed by atoms with Crippen molar-refractivity contribution in [2.24, 2.45) is 15.9 Å². The van der Waals surface area contributed by atoms with E-state index in [1.54, 1.807) is 0 Å². The third kappa shape index (κ3) is 3.58. The third-order valence-electron chi connectivity index (χ3n) is 5.66. The van der Waals surface area contributed by atoms with Crippen molar-refractivity contribution in [1.29, 1.82) is 0 Å². The van der Waals surface area contributed by atoms with E-state index in [-0.39, 0.29) is 12.3 Å². The van der Waals surface area contributed by atoms with Crippen LogP contribution in [0.1, 0.15) is 37.2 Å². The second-order valence-electron chi connectivity index (χ2n) is 7.88. The predicted octanol–water partition coefficient (Wildman–Crippen LogP) is 3.11. The minimum Gasteiger partial charge on any atom is -0.469 e. The molecule has 0 aromatic carbocycles. The van der Waals surface area contributed by atoms with Gasteiger partial charge in [0.1, 0.15) is 0 Å². The number of nitrogens with zero attached hydrogens (tertiary/aromatic N) is 4. The first kappa shape index (κ1) is 17.4.